The summed E-state index contributed by atoms with van der Waals surface area (Å²) in [6, 6.07) is 7.97. The summed E-state index contributed by atoms with van der Waals surface area (Å²) in [4.78, 5) is 0. The Balaban J connectivity index is 2.15. The minimum atomic E-state index is -1.49. The number of benzene rings is 1. The molecule has 1 aromatic rings. The van der Waals surface area contributed by atoms with E-state index in [4.69, 9.17) is 14.6 Å². The normalized spacial score (nSPS) is 28.9. The Morgan fingerprint density at radius 2 is 2.17 bits per heavy atom. The molecule has 0 radical (unpaired) electrons. The predicted molar refractivity (Wildman–Crippen MR) is 68.9 cm³/mol. The fourth-order valence-electron chi connectivity index (χ4n) is 3.23. The molecule has 0 N–H and O–H groups in total. The van der Waals surface area contributed by atoms with E-state index in [0.717, 1.165) is 30.6 Å². The molecule has 5 heteroatoms. The molecule has 1 unspecified atom stereocenters. The van der Waals surface area contributed by atoms with Crippen LogP contribution in [0.25, 0.3) is 0 Å². The van der Waals surface area contributed by atoms with E-state index in [1.807, 2.05) is 18.2 Å². The summed E-state index contributed by atoms with van der Waals surface area (Å²) in [5.41, 5.74) is 2.91. The first kappa shape index (κ1) is 11.7. The van der Waals surface area contributed by atoms with Crippen LogP contribution in [0, 0.1) is 11.3 Å². The number of fused-ring (bicyclic) bond motifs is 2. The summed E-state index contributed by atoms with van der Waals surface area (Å²) in [6.07, 6.45) is 1.05. The van der Waals surface area contributed by atoms with Crippen LogP contribution in [0.15, 0.2) is 18.2 Å². The third-order valence-electron chi connectivity index (χ3n) is 4.28. The van der Waals surface area contributed by atoms with Gasteiger partial charge < -0.3 is 13.7 Å². The number of rotatable bonds is 0. The van der Waals surface area contributed by atoms with Crippen LogP contribution in [-0.4, -0.2) is 38.3 Å². The molecule has 0 aromatic heterocycles. The lowest BCUT2D eigenvalue weighted by Gasteiger charge is -2.55. The summed E-state index contributed by atoms with van der Waals surface area (Å²) in [7, 11) is 4.29. The molecule has 2 aliphatic heterocycles. The van der Waals surface area contributed by atoms with Gasteiger partial charge in [-0.25, -0.2) is 0 Å². The molecule has 4 nitrogen and oxygen atoms in total. The lowest BCUT2D eigenvalue weighted by atomic mass is 9.58. The third-order valence-corrected chi connectivity index (χ3v) is 4.28. The van der Waals surface area contributed by atoms with Gasteiger partial charge in [-0.1, -0.05) is 17.6 Å². The molecular formula is C13H17BN2O2. The monoisotopic (exact) mass is 244 g/mol. The van der Waals surface area contributed by atoms with Crippen molar-refractivity contribution in [3.05, 3.63) is 29.3 Å². The molecule has 0 aliphatic carbocycles. The molecule has 1 aromatic carbocycles. The van der Waals surface area contributed by atoms with Crippen LogP contribution in [0.1, 0.15) is 17.5 Å². The quantitative estimate of drug-likeness (QED) is 0.632. The van der Waals surface area contributed by atoms with Crippen molar-refractivity contribution in [3.63, 3.8) is 0 Å². The van der Waals surface area contributed by atoms with Gasteiger partial charge in [-0.15, -0.1) is 0 Å². The van der Waals surface area contributed by atoms with Gasteiger partial charge in [-0.2, -0.15) is 5.26 Å². The maximum atomic E-state index is 9.06. The summed E-state index contributed by atoms with van der Waals surface area (Å²) < 4.78 is 12.9. The SMILES string of the molecule is C[N+]1(C)CCCO[B-]12OCc1ccc(C#N)cc12. The molecule has 2 heterocycles. The highest BCUT2D eigenvalue weighted by Gasteiger charge is 2.53. The van der Waals surface area contributed by atoms with Gasteiger partial charge in [0.25, 0.3) is 0 Å². The van der Waals surface area contributed by atoms with Crippen molar-refractivity contribution in [1.29, 1.82) is 5.26 Å². The largest absolute Gasteiger partial charge is 0.509 e. The summed E-state index contributed by atoms with van der Waals surface area (Å²) in [5.74, 6) is 0. The zero-order chi connectivity index (χ0) is 12.8. The van der Waals surface area contributed by atoms with Crippen LogP contribution in [-0.2, 0) is 15.9 Å². The lowest BCUT2D eigenvalue weighted by molar-refractivity contribution is -0.812. The zero-order valence-electron chi connectivity index (χ0n) is 10.8. The van der Waals surface area contributed by atoms with E-state index in [0.29, 0.717) is 16.6 Å². The average molecular weight is 244 g/mol. The second-order valence-corrected chi connectivity index (χ2v) is 5.73. The summed E-state index contributed by atoms with van der Waals surface area (Å²) in [6.45, 7) is 0.868. The molecule has 0 amide bonds. The molecule has 1 spiro atoms. The van der Waals surface area contributed by atoms with Crippen molar-refractivity contribution in [2.75, 3.05) is 27.2 Å². The van der Waals surface area contributed by atoms with E-state index in [9.17, 15) is 0 Å². The molecule has 0 bridgehead atoms. The average Bonchev–Trinajstić information content (AvgIpc) is 2.73. The topological polar surface area (TPSA) is 42.2 Å². The van der Waals surface area contributed by atoms with Gasteiger partial charge >= 0.3 is 6.69 Å². The van der Waals surface area contributed by atoms with Gasteiger partial charge in [0.1, 0.15) is 0 Å². The fraction of sp³-hybridized carbons (Fsp3) is 0.462. The Hall–Kier alpha value is -1.35. The van der Waals surface area contributed by atoms with Crippen LogP contribution in [0.2, 0.25) is 0 Å². The first-order valence-corrected chi connectivity index (χ1v) is 6.37. The second kappa shape index (κ2) is 3.82. The van der Waals surface area contributed by atoms with Gasteiger partial charge in [0.05, 0.1) is 6.07 Å². The first-order valence-electron chi connectivity index (χ1n) is 6.37. The van der Waals surface area contributed by atoms with Gasteiger partial charge in [0, 0.05) is 45.8 Å². The summed E-state index contributed by atoms with van der Waals surface area (Å²) >= 11 is 0. The Bertz CT molecular complexity index is 534. The molecule has 18 heavy (non-hydrogen) atoms. The van der Waals surface area contributed by atoms with Crippen LogP contribution in [0.3, 0.4) is 0 Å². The van der Waals surface area contributed by atoms with E-state index in [-0.39, 0.29) is 0 Å². The van der Waals surface area contributed by atoms with E-state index in [1.54, 1.807) is 0 Å². The number of nitrogens with zero attached hydrogens (tertiary/aromatic N) is 2. The molecular weight excluding hydrogens is 227 g/mol. The maximum absolute atomic E-state index is 9.06. The first-order chi connectivity index (χ1) is 8.59. The van der Waals surface area contributed by atoms with Crippen LogP contribution in [0.5, 0.6) is 0 Å². The van der Waals surface area contributed by atoms with Crippen molar-refractivity contribution in [2.24, 2.45) is 0 Å². The van der Waals surface area contributed by atoms with E-state index >= 15 is 0 Å². The van der Waals surface area contributed by atoms with Crippen molar-refractivity contribution in [2.45, 2.75) is 13.0 Å². The van der Waals surface area contributed by atoms with E-state index in [1.165, 1.54) is 0 Å². The van der Waals surface area contributed by atoms with Crippen molar-refractivity contribution >= 4 is 12.1 Å². The molecule has 1 saturated heterocycles. The second-order valence-electron chi connectivity index (χ2n) is 5.73. The number of quaternary nitrogens is 1. The molecule has 1 fully saturated rings. The van der Waals surface area contributed by atoms with Crippen molar-refractivity contribution in [1.82, 2.24) is 0 Å². The lowest BCUT2D eigenvalue weighted by Crippen LogP contribution is -2.74. The maximum Gasteiger partial charge on any atom is 0.502 e. The third kappa shape index (κ3) is 1.43. The highest BCUT2D eigenvalue weighted by Crippen LogP contribution is 2.31. The minimum absolute atomic E-state index is 0.586. The number of hydrogen-bond donors (Lipinski definition) is 0. The van der Waals surface area contributed by atoms with E-state index in [2.05, 4.69) is 20.2 Å². The predicted octanol–water partition coefficient (Wildman–Crippen LogP) is 0.731. The van der Waals surface area contributed by atoms with Gasteiger partial charge in [0.2, 0.25) is 0 Å². The van der Waals surface area contributed by atoms with Crippen LogP contribution >= 0.6 is 0 Å². The van der Waals surface area contributed by atoms with E-state index < -0.39 is 6.69 Å². The summed E-state index contributed by atoms with van der Waals surface area (Å²) in [5, 5.41) is 9.06. The smallest absolute Gasteiger partial charge is 0.502 e. The molecule has 1 atom stereocenters. The molecule has 3 rings (SSSR count). The molecule has 2 aliphatic rings. The minimum Gasteiger partial charge on any atom is -0.509 e. The Morgan fingerprint density at radius 1 is 1.33 bits per heavy atom. The number of hydrogen-bond acceptors (Lipinski definition) is 3. The van der Waals surface area contributed by atoms with Crippen molar-refractivity contribution in [3.8, 4) is 6.07 Å². The Labute approximate surface area is 107 Å². The zero-order valence-corrected chi connectivity index (χ0v) is 10.8. The Kier molecular flexibility index (Phi) is 2.49. The van der Waals surface area contributed by atoms with Crippen molar-refractivity contribution < 1.29 is 13.7 Å². The van der Waals surface area contributed by atoms with Crippen LogP contribution < -0.4 is 5.46 Å². The highest BCUT2D eigenvalue weighted by molar-refractivity contribution is 6.76. The van der Waals surface area contributed by atoms with Crippen LogP contribution in [0.4, 0.5) is 0 Å². The van der Waals surface area contributed by atoms with Gasteiger partial charge in [-0.05, 0) is 11.6 Å². The Morgan fingerprint density at radius 3 is 2.89 bits per heavy atom. The van der Waals surface area contributed by atoms with Gasteiger partial charge in [0.15, 0.2) is 0 Å². The molecule has 0 saturated carbocycles. The highest BCUT2D eigenvalue weighted by atomic mass is 16.6. The van der Waals surface area contributed by atoms with Gasteiger partial charge in [-0.3, -0.25) is 0 Å². The fourth-order valence-corrected chi connectivity index (χ4v) is 3.23. The molecule has 94 valence electrons. The number of nitriles is 1. The standard InChI is InChI=1S/C13H17BN2O2/c1-16(2)6-3-7-17-14(16)13-8-11(9-15)4-5-12(13)10-18-14/h4-5,8H,3,6-7,10H2,1-2H3.